The lowest BCUT2D eigenvalue weighted by molar-refractivity contribution is -0.139. The van der Waals surface area contributed by atoms with Crippen LogP contribution in [0.15, 0.2) is 52.5 Å². The van der Waals surface area contributed by atoms with E-state index in [0.717, 1.165) is 4.47 Å². The number of amides is 1. The Morgan fingerprint density at radius 3 is 2.26 bits per heavy atom. The third-order valence-electron chi connectivity index (χ3n) is 4.52. The maximum absolute atomic E-state index is 12.6. The second kappa shape index (κ2) is 7.44. The molecule has 0 bridgehead atoms. The smallest absolute Gasteiger partial charge is 0.295 e. The highest BCUT2D eigenvalue weighted by molar-refractivity contribution is 9.10. The lowest BCUT2D eigenvalue weighted by atomic mass is 9.95. The van der Waals surface area contributed by atoms with Gasteiger partial charge in [0.05, 0.1) is 25.8 Å². The summed E-state index contributed by atoms with van der Waals surface area (Å²) < 4.78 is 11.4. The molecule has 2 aromatic rings. The third-order valence-corrected chi connectivity index (χ3v) is 5.04. The molecule has 3 rings (SSSR count). The van der Waals surface area contributed by atoms with Crippen LogP contribution in [0.4, 0.5) is 0 Å². The molecule has 0 saturated carbocycles. The number of carbonyl (C=O) groups is 2. The molecule has 1 fully saturated rings. The van der Waals surface area contributed by atoms with Gasteiger partial charge in [-0.3, -0.25) is 9.59 Å². The second-order valence-electron chi connectivity index (χ2n) is 6.03. The van der Waals surface area contributed by atoms with Crippen LogP contribution in [0.25, 0.3) is 5.76 Å². The maximum Gasteiger partial charge on any atom is 0.295 e. The number of likely N-dealkylation sites (tertiary alicyclic amines) is 1. The highest BCUT2D eigenvalue weighted by Gasteiger charge is 2.44. The predicted molar refractivity (Wildman–Crippen MR) is 104 cm³/mol. The average Bonchev–Trinajstić information content (AvgIpc) is 2.91. The first kappa shape index (κ1) is 19.0. The van der Waals surface area contributed by atoms with Crippen LogP contribution in [0.2, 0.25) is 0 Å². The molecule has 0 aliphatic carbocycles. The van der Waals surface area contributed by atoms with Crippen molar-refractivity contribution in [2.75, 3.05) is 21.3 Å². The van der Waals surface area contributed by atoms with Crippen molar-refractivity contribution in [1.82, 2.24) is 4.90 Å². The summed E-state index contributed by atoms with van der Waals surface area (Å²) in [4.78, 5) is 26.2. The number of benzene rings is 2. The molecule has 1 saturated heterocycles. The molecule has 1 aliphatic heterocycles. The molecule has 7 heteroatoms. The molecule has 1 aliphatic rings. The van der Waals surface area contributed by atoms with E-state index in [4.69, 9.17) is 9.47 Å². The van der Waals surface area contributed by atoms with Crippen LogP contribution >= 0.6 is 15.9 Å². The van der Waals surface area contributed by atoms with Crippen molar-refractivity contribution in [2.45, 2.75) is 6.04 Å². The van der Waals surface area contributed by atoms with Crippen molar-refractivity contribution >= 4 is 33.4 Å². The van der Waals surface area contributed by atoms with E-state index in [9.17, 15) is 14.7 Å². The van der Waals surface area contributed by atoms with E-state index in [1.165, 1.54) is 26.2 Å². The minimum Gasteiger partial charge on any atom is -0.507 e. The van der Waals surface area contributed by atoms with E-state index in [1.54, 1.807) is 42.5 Å². The second-order valence-corrected chi connectivity index (χ2v) is 6.95. The number of rotatable bonds is 4. The predicted octanol–water partition coefficient (Wildman–Crippen LogP) is 3.52. The van der Waals surface area contributed by atoms with Gasteiger partial charge in [-0.05, 0) is 29.8 Å². The van der Waals surface area contributed by atoms with Crippen LogP contribution < -0.4 is 9.47 Å². The molecule has 1 amide bonds. The highest BCUT2D eigenvalue weighted by atomic mass is 79.9. The Bertz CT molecular complexity index is 936. The quantitative estimate of drug-likeness (QED) is 0.455. The number of likely N-dealkylation sites (N-methyl/N-ethyl adjacent to an activating group) is 1. The number of aliphatic hydroxyl groups is 1. The molecule has 27 heavy (non-hydrogen) atoms. The van der Waals surface area contributed by atoms with Crippen LogP contribution in [0, 0.1) is 0 Å². The van der Waals surface area contributed by atoms with E-state index in [-0.39, 0.29) is 11.3 Å². The van der Waals surface area contributed by atoms with Gasteiger partial charge in [-0.2, -0.15) is 0 Å². The number of Topliss-reactive ketones (excluding diaryl/α,β-unsaturated/α-hetero) is 1. The van der Waals surface area contributed by atoms with Gasteiger partial charge in [0, 0.05) is 17.1 Å². The largest absolute Gasteiger partial charge is 0.507 e. The molecule has 0 spiro atoms. The Morgan fingerprint density at radius 1 is 1.04 bits per heavy atom. The number of ketones is 1. The van der Waals surface area contributed by atoms with Crippen molar-refractivity contribution < 1.29 is 24.2 Å². The number of hydrogen-bond donors (Lipinski definition) is 1. The van der Waals surface area contributed by atoms with Crippen molar-refractivity contribution in [3.8, 4) is 11.5 Å². The monoisotopic (exact) mass is 431 g/mol. The molecule has 1 N–H and O–H groups in total. The molecule has 6 nitrogen and oxygen atoms in total. The van der Waals surface area contributed by atoms with Gasteiger partial charge in [0.15, 0.2) is 11.5 Å². The third kappa shape index (κ3) is 3.30. The molecular formula is C20H18BrNO5. The summed E-state index contributed by atoms with van der Waals surface area (Å²) in [6, 6.07) is 11.3. The van der Waals surface area contributed by atoms with Gasteiger partial charge in [0.25, 0.3) is 11.7 Å². The van der Waals surface area contributed by atoms with Gasteiger partial charge in [-0.1, -0.05) is 34.1 Å². The number of ether oxygens (including phenoxy) is 2. The van der Waals surface area contributed by atoms with Crippen molar-refractivity contribution in [2.24, 2.45) is 0 Å². The summed E-state index contributed by atoms with van der Waals surface area (Å²) in [5.74, 6) is -0.615. The molecule has 0 aromatic heterocycles. The van der Waals surface area contributed by atoms with Crippen molar-refractivity contribution in [1.29, 1.82) is 0 Å². The zero-order chi connectivity index (χ0) is 19.7. The molecule has 1 heterocycles. The first-order valence-corrected chi connectivity index (χ1v) is 8.90. The topological polar surface area (TPSA) is 76.1 Å². The lowest BCUT2D eigenvalue weighted by Crippen LogP contribution is -2.24. The van der Waals surface area contributed by atoms with Crippen LogP contribution in [0.1, 0.15) is 17.2 Å². The van der Waals surface area contributed by atoms with Gasteiger partial charge >= 0.3 is 0 Å². The summed E-state index contributed by atoms with van der Waals surface area (Å²) in [5, 5.41) is 10.8. The zero-order valence-electron chi connectivity index (χ0n) is 15.0. The number of aliphatic hydroxyl groups excluding tert-OH is 1. The fraction of sp³-hybridized carbons (Fsp3) is 0.200. The SMILES string of the molecule is COc1ccc(C2C(=C(O)c3ccc(Br)cc3)C(=O)C(=O)N2C)cc1OC. The zero-order valence-corrected chi connectivity index (χ0v) is 16.6. The van der Waals surface area contributed by atoms with Crippen LogP contribution in [0.3, 0.4) is 0 Å². The van der Waals surface area contributed by atoms with Gasteiger partial charge in [0.2, 0.25) is 0 Å². The number of methoxy groups -OCH3 is 2. The Balaban J connectivity index is 2.17. The highest BCUT2D eigenvalue weighted by Crippen LogP contribution is 2.41. The summed E-state index contributed by atoms with van der Waals surface area (Å²) in [7, 11) is 4.56. The Labute approximate surface area is 165 Å². The van der Waals surface area contributed by atoms with E-state index in [1.807, 2.05) is 0 Å². The van der Waals surface area contributed by atoms with Crippen LogP contribution in [-0.4, -0.2) is 43.0 Å². The van der Waals surface area contributed by atoms with E-state index < -0.39 is 17.7 Å². The number of carbonyl (C=O) groups excluding carboxylic acids is 2. The van der Waals surface area contributed by atoms with Crippen LogP contribution in [0.5, 0.6) is 11.5 Å². The minimum atomic E-state index is -0.728. The van der Waals surface area contributed by atoms with Gasteiger partial charge in [-0.15, -0.1) is 0 Å². The first-order valence-electron chi connectivity index (χ1n) is 8.11. The van der Waals surface area contributed by atoms with Gasteiger partial charge in [-0.25, -0.2) is 0 Å². The first-order chi connectivity index (χ1) is 12.9. The van der Waals surface area contributed by atoms with Crippen molar-refractivity contribution in [3.63, 3.8) is 0 Å². The molecule has 2 aromatic carbocycles. The number of halogens is 1. The number of hydrogen-bond acceptors (Lipinski definition) is 5. The van der Waals surface area contributed by atoms with Gasteiger partial charge in [0.1, 0.15) is 5.76 Å². The number of nitrogens with zero attached hydrogens (tertiary/aromatic N) is 1. The molecule has 140 valence electrons. The summed E-state index contributed by atoms with van der Waals surface area (Å²) in [6.07, 6.45) is 0. The Hall–Kier alpha value is -2.80. The van der Waals surface area contributed by atoms with E-state index >= 15 is 0 Å². The fourth-order valence-corrected chi connectivity index (χ4v) is 3.39. The van der Waals surface area contributed by atoms with E-state index in [2.05, 4.69) is 15.9 Å². The summed E-state index contributed by atoms with van der Waals surface area (Å²) in [6.45, 7) is 0. The Morgan fingerprint density at radius 2 is 1.67 bits per heavy atom. The Kier molecular flexibility index (Phi) is 5.23. The standard InChI is InChI=1S/C20H18BrNO5/c1-22-17(12-6-9-14(26-2)15(10-12)27-3)16(19(24)20(22)25)18(23)11-4-7-13(21)8-5-11/h4-10,17,23H,1-3H3. The fourth-order valence-electron chi connectivity index (χ4n) is 3.12. The van der Waals surface area contributed by atoms with Crippen LogP contribution in [-0.2, 0) is 9.59 Å². The molecule has 1 unspecified atom stereocenters. The maximum atomic E-state index is 12.6. The minimum absolute atomic E-state index is 0.0389. The normalized spacial score (nSPS) is 18.7. The van der Waals surface area contributed by atoms with E-state index in [0.29, 0.717) is 22.6 Å². The molecule has 0 radical (unpaired) electrons. The van der Waals surface area contributed by atoms with Crippen molar-refractivity contribution in [3.05, 3.63) is 63.6 Å². The lowest BCUT2D eigenvalue weighted by Gasteiger charge is -2.22. The van der Waals surface area contributed by atoms with Gasteiger partial charge < -0.3 is 19.5 Å². The molecular weight excluding hydrogens is 414 g/mol. The summed E-state index contributed by atoms with van der Waals surface area (Å²) >= 11 is 3.33. The summed E-state index contributed by atoms with van der Waals surface area (Å²) in [5.41, 5.74) is 1.13. The molecule has 1 atom stereocenters. The average molecular weight is 432 g/mol.